The number of aromatic nitrogens is 1. The van der Waals surface area contributed by atoms with Crippen LogP contribution in [-0.4, -0.2) is 30.6 Å². The van der Waals surface area contributed by atoms with Gasteiger partial charge in [-0.1, -0.05) is 12.1 Å². The summed E-state index contributed by atoms with van der Waals surface area (Å²) in [7, 11) is 1.32. The van der Waals surface area contributed by atoms with E-state index in [-0.39, 0.29) is 5.91 Å². The number of nitrogens with zero attached hydrogens (tertiary/aromatic N) is 1. The van der Waals surface area contributed by atoms with Crippen LogP contribution in [0.3, 0.4) is 0 Å². The van der Waals surface area contributed by atoms with E-state index >= 15 is 0 Å². The van der Waals surface area contributed by atoms with Crippen molar-refractivity contribution >= 4 is 17.6 Å². The van der Waals surface area contributed by atoms with Crippen molar-refractivity contribution in [3.63, 3.8) is 0 Å². The van der Waals surface area contributed by atoms with Gasteiger partial charge in [0.25, 0.3) is 5.91 Å². The summed E-state index contributed by atoms with van der Waals surface area (Å²) < 4.78 is 16.1. The van der Waals surface area contributed by atoms with Crippen molar-refractivity contribution in [2.24, 2.45) is 0 Å². The van der Waals surface area contributed by atoms with E-state index in [0.29, 0.717) is 40.6 Å². The van der Waals surface area contributed by atoms with Crippen molar-refractivity contribution < 1.29 is 23.5 Å². The van der Waals surface area contributed by atoms with Crippen molar-refractivity contribution in [3.05, 3.63) is 90.1 Å². The summed E-state index contributed by atoms with van der Waals surface area (Å²) >= 11 is 0. The number of benzene rings is 3. The van der Waals surface area contributed by atoms with Crippen LogP contribution < -0.4 is 10.1 Å². The number of esters is 1. The van der Waals surface area contributed by atoms with Crippen LogP contribution >= 0.6 is 0 Å². The third kappa shape index (κ3) is 4.93. The molecule has 4 aromatic rings. The van der Waals surface area contributed by atoms with Gasteiger partial charge in [0.1, 0.15) is 5.75 Å². The van der Waals surface area contributed by atoms with Crippen molar-refractivity contribution in [1.29, 1.82) is 0 Å². The van der Waals surface area contributed by atoms with Gasteiger partial charge in [-0.15, -0.1) is 0 Å². The number of anilines is 1. The number of methoxy groups -OCH3 is 1. The van der Waals surface area contributed by atoms with Crippen LogP contribution in [0.2, 0.25) is 0 Å². The standard InChI is InChI=1S/C26H22N2O5/c1-3-32-20-14-10-17(11-15-20)23-16-27-25(33-23)22-7-5-4-6-21(22)24(29)28-19-12-8-18(9-13-19)26(30)31-2/h4-16H,3H2,1-2H3,(H,28,29). The molecule has 7 nitrogen and oxygen atoms in total. The van der Waals surface area contributed by atoms with Crippen LogP contribution in [0.25, 0.3) is 22.8 Å². The van der Waals surface area contributed by atoms with Crippen LogP contribution in [0.1, 0.15) is 27.6 Å². The van der Waals surface area contributed by atoms with E-state index in [1.54, 1.807) is 48.7 Å². The summed E-state index contributed by atoms with van der Waals surface area (Å²) in [5, 5.41) is 2.83. The zero-order valence-electron chi connectivity index (χ0n) is 18.2. The molecule has 0 spiro atoms. The Morgan fingerprint density at radius 2 is 1.70 bits per heavy atom. The maximum absolute atomic E-state index is 13.0. The van der Waals surface area contributed by atoms with Crippen LogP contribution in [0, 0.1) is 0 Å². The fourth-order valence-corrected chi connectivity index (χ4v) is 3.29. The summed E-state index contributed by atoms with van der Waals surface area (Å²) in [6, 6.07) is 21.1. The number of ether oxygens (including phenoxy) is 2. The Morgan fingerprint density at radius 1 is 0.970 bits per heavy atom. The number of hydrogen-bond donors (Lipinski definition) is 1. The smallest absolute Gasteiger partial charge is 0.337 e. The molecule has 0 fully saturated rings. The van der Waals surface area contributed by atoms with Gasteiger partial charge in [-0.3, -0.25) is 4.79 Å². The lowest BCUT2D eigenvalue weighted by atomic mass is 10.1. The largest absolute Gasteiger partial charge is 0.494 e. The second-order valence-electron chi connectivity index (χ2n) is 7.06. The van der Waals surface area contributed by atoms with E-state index in [4.69, 9.17) is 13.9 Å². The highest BCUT2D eigenvalue weighted by molar-refractivity contribution is 6.08. The molecule has 1 aromatic heterocycles. The molecule has 0 saturated heterocycles. The summed E-state index contributed by atoms with van der Waals surface area (Å²) in [4.78, 5) is 28.9. The van der Waals surface area contributed by atoms with Gasteiger partial charge >= 0.3 is 5.97 Å². The molecule has 166 valence electrons. The Kier molecular flexibility index (Phi) is 6.50. The summed E-state index contributed by atoms with van der Waals surface area (Å²) in [6.07, 6.45) is 1.63. The number of nitrogens with one attached hydrogen (secondary N) is 1. The number of amides is 1. The Bertz CT molecular complexity index is 1260. The van der Waals surface area contributed by atoms with E-state index in [1.807, 2.05) is 37.3 Å². The molecule has 0 bridgehead atoms. The molecule has 1 N–H and O–H groups in total. The Balaban J connectivity index is 1.55. The fraction of sp³-hybridized carbons (Fsp3) is 0.115. The Morgan fingerprint density at radius 3 is 2.39 bits per heavy atom. The van der Waals surface area contributed by atoms with Crippen LogP contribution in [-0.2, 0) is 4.74 Å². The number of hydrogen-bond acceptors (Lipinski definition) is 6. The molecule has 1 amide bonds. The molecule has 3 aromatic carbocycles. The summed E-state index contributed by atoms with van der Waals surface area (Å²) in [6.45, 7) is 2.53. The van der Waals surface area contributed by atoms with Crippen LogP contribution in [0.5, 0.6) is 5.75 Å². The Labute approximate surface area is 191 Å². The zero-order chi connectivity index (χ0) is 23.2. The minimum atomic E-state index is -0.439. The summed E-state index contributed by atoms with van der Waals surface area (Å²) in [5.74, 6) is 0.942. The van der Waals surface area contributed by atoms with E-state index < -0.39 is 5.97 Å². The first-order valence-electron chi connectivity index (χ1n) is 10.4. The van der Waals surface area contributed by atoms with Gasteiger partial charge in [0.2, 0.25) is 5.89 Å². The highest BCUT2D eigenvalue weighted by atomic mass is 16.5. The number of oxazole rings is 1. The fourth-order valence-electron chi connectivity index (χ4n) is 3.29. The molecule has 0 aliphatic heterocycles. The second kappa shape index (κ2) is 9.82. The van der Waals surface area contributed by atoms with Gasteiger partial charge in [-0.2, -0.15) is 0 Å². The highest BCUT2D eigenvalue weighted by Crippen LogP contribution is 2.29. The first-order valence-corrected chi connectivity index (χ1v) is 10.4. The van der Waals surface area contributed by atoms with Gasteiger partial charge in [0.05, 0.1) is 31.0 Å². The summed E-state index contributed by atoms with van der Waals surface area (Å²) in [5.41, 5.74) is 2.78. The predicted molar refractivity (Wildman–Crippen MR) is 124 cm³/mol. The lowest BCUT2D eigenvalue weighted by Gasteiger charge is -2.09. The van der Waals surface area contributed by atoms with Gasteiger partial charge in [0, 0.05) is 16.8 Å². The predicted octanol–water partition coefficient (Wildman–Crippen LogP) is 5.45. The molecule has 33 heavy (non-hydrogen) atoms. The second-order valence-corrected chi connectivity index (χ2v) is 7.06. The average molecular weight is 442 g/mol. The monoisotopic (exact) mass is 442 g/mol. The van der Waals surface area contributed by atoms with Gasteiger partial charge in [-0.05, 0) is 67.6 Å². The quantitative estimate of drug-likeness (QED) is 0.383. The maximum atomic E-state index is 13.0. The van der Waals surface area contributed by atoms with Gasteiger partial charge in [-0.25, -0.2) is 9.78 Å². The maximum Gasteiger partial charge on any atom is 0.337 e. The molecule has 0 radical (unpaired) electrons. The van der Waals surface area contributed by atoms with Crippen molar-refractivity contribution in [2.75, 3.05) is 19.0 Å². The lowest BCUT2D eigenvalue weighted by Crippen LogP contribution is -2.13. The normalized spacial score (nSPS) is 10.5. The Hall–Kier alpha value is -4.39. The van der Waals surface area contributed by atoms with Gasteiger partial charge in [0.15, 0.2) is 5.76 Å². The molecule has 7 heteroatoms. The first-order chi connectivity index (χ1) is 16.1. The number of carbonyl (C=O) groups excluding carboxylic acids is 2. The van der Waals surface area contributed by atoms with E-state index in [9.17, 15) is 9.59 Å². The van der Waals surface area contributed by atoms with Crippen molar-refractivity contribution in [2.45, 2.75) is 6.92 Å². The van der Waals surface area contributed by atoms with Gasteiger partial charge < -0.3 is 19.2 Å². The molecule has 0 aliphatic rings. The first kappa shape index (κ1) is 21.8. The molecular formula is C26H22N2O5. The minimum Gasteiger partial charge on any atom is -0.494 e. The molecule has 0 aliphatic carbocycles. The lowest BCUT2D eigenvalue weighted by molar-refractivity contribution is 0.0600. The van der Waals surface area contributed by atoms with Crippen LogP contribution in [0.4, 0.5) is 5.69 Å². The molecule has 1 heterocycles. The minimum absolute atomic E-state index is 0.322. The third-order valence-corrected chi connectivity index (χ3v) is 4.92. The zero-order valence-corrected chi connectivity index (χ0v) is 18.2. The van der Waals surface area contributed by atoms with E-state index in [1.165, 1.54) is 7.11 Å². The van der Waals surface area contributed by atoms with Crippen molar-refractivity contribution in [1.82, 2.24) is 4.98 Å². The molecule has 0 atom stereocenters. The molecule has 4 rings (SSSR count). The SMILES string of the molecule is CCOc1ccc(-c2cnc(-c3ccccc3C(=O)Nc3ccc(C(=O)OC)cc3)o2)cc1. The molecular weight excluding hydrogens is 420 g/mol. The average Bonchev–Trinajstić information content (AvgIpc) is 3.35. The molecule has 0 saturated carbocycles. The number of rotatable bonds is 7. The van der Waals surface area contributed by atoms with Crippen molar-refractivity contribution in [3.8, 4) is 28.5 Å². The number of carbonyl (C=O) groups is 2. The van der Waals surface area contributed by atoms with E-state index in [0.717, 1.165) is 11.3 Å². The van der Waals surface area contributed by atoms with Crippen LogP contribution in [0.15, 0.2) is 83.4 Å². The topological polar surface area (TPSA) is 90.7 Å². The molecule has 0 unspecified atom stereocenters. The third-order valence-electron chi connectivity index (χ3n) is 4.92. The highest BCUT2D eigenvalue weighted by Gasteiger charge is 2.17. The van der Waals surface area contributed by atoms with E-state index in [2.05, 4.69) is 10.3 Å².